The molecule has 1 amide bonds. The summed E-state index contributed by atoms with van der Waals surface area (Å²) in [5.74, 6) is 0.274. The van der Waals surface area contributed by atoms with Gasteiger partial charge < -0.3 is 14.7 Å². The van der Waals surface area contributed by atoms with Crippen molar-refractivity contribution in [3.63, 3.8) is 0 Å². The van der Waals surface area contributed by atoms with Crippen LogP contribution in [0.5, 0.6) is 0 Å². The molecule has 1 aromatic carbocycles. The average molecular weight is 350 g/mol. The van der Waals surface area contributed by atoms with Crippen LogP contribution in [0.25, 0.3) is 0 Å². The molecule has 1 aliphatic carbocycles. The first-order valence-corrected chi connectivity index (χ1v) is 9.32. The van der Waals surface area contributed by atoms with E-state index in [0.29, 0.717) is 24.7 Å². The third kappa shape index (κ3) is 2.75. The maximum atomic E-state index is 13.3. The van der Waals surface area contributed by atoms with Gasteiger partial charge in [-0.05, 0) is 49.8 Å². The Hall–Kier alpha value is -1.10. The van der Waals surface area contributed by atoms with Crippen LogP contribution < -0.4 is 0 Å². The van der Waals surface area contributed by atoms with E-state index in [9.17, 15) is 9.90 Å². The van der Waals surface area contributed by atoms with Gasteiger partial charge in [0.05, 0.1) is 18.1 Å². The zero-order valence-corrected chi connectivity index (χ0v) is 14.5. The van der Waals surface area contributed by atoms with Crippen molar-refractivity contribution in [2.75, 3.05) is 19.8 Å². The normalized spacial score (nSPS) is 31.9. The number of likely N-dealkylation sites (tertiary alicyclic amines) is 1. The van der Waals surface area contributed by atoms with E-state index >= 15 is 0 Å². The topological polar surface area (TPSA) is 49.8 Å². The summed E-state index contributed by atoms with van der Waals surface area (Å²) in [6.45, 7) is 1.97. The van der Waals surface area contributed by atoms with E-state index < -0.39 is 0 Å². The molecule has 24 heavy (non-hydrogen) atoms. The van der Waals surface area contributed by atoms with Crippen LogP contribution in [0.3, 0.4) is 0 Å². The van der Waals surface area contributed by atoms with Gasteiger partial charge in [0.2, 0.25) is 5.91 Å². The number of hydrogen-bond acceptors (Lipinski definition) is 3. The fraction of sp³-hybridized carbons (Fsp3) is 0.632. The van der Waals surface area contributed by atoms with Crippen LogP contribution in [0, 0.1) is 5.92 Å². The highest BCUT2D eigenvalue weighted by Gasteiger charge is 2.55. The second kappa shape index (κ2) is 6.32. The lowest BCUT2D eigenvalue weighted by Crippen LogP contribution is -2.50. The van der Waals surface area contributed by atoms with Gasteiger partial charge in [-0.2, -0.15) is 0 Å². The number of rotatable bonds is 3. The molecule has 2 saturated heterocycles. The number of ether oxygens (including phenoxy) is 1. The van der Waals surface area contributed by atoms with Crippen LogP contribution in [0.2, 0.25) is 5.02 Å². The van der Waals surface area contributed by atoms with Crippen molar-refractivity contribution in [1.29, 1.82) is 0 Å². The molecule has 3 atom stereocenters. The van der Waals surface area contributed by atoms with E-state index in [1.54, 1.807) is 0 Å². The van der Waals surface area contributed by atoms with E-state index in [-0.39, 0.29) is 29.4 Å². The summed E-state index contributed by atoms with van der Waals surface area (Å²) in [7, 11) is 0. The van der Waals surface area contributed by atoms with Gasteiger partial charge in [0.15, 0.2) is 0 Å². The molecule has 2 aliphatic heterocycles. The number of aliphatic hydroxyl groups excluding tert-OH is 1. The molecule has 2 heterocycles. The van der Waals surface area contributed by atoms with Crippen molar-refractivity contribution in [1.82, 2.24) is 4.90 Å². The van der Waals surface area contributed by atoms with Gasteiger partial charge in [-0.1, -0.05) is 23.7 Å². The molecule has 1 N–H and O–H groups in total. The molecule has 1 saturated carbocycles. The molecule has 130 valence electrons. The second-order valence-electron chi connectivity index (χ2n) is 7.39. The van der Waals surface area contributed by atoms with E-state index in [2.05, 4.69) is 0 Å². The summed E-state index contributed by atoms with van der Waals surface area (Å²) in [5.41, 5.74) is 0.705. The van der Waals surface area contributed by atoms with Crippen LogP contribution in [0.4, 0.5) is 0 Å². The first-order chi connectivity index (χ1) is 11.6. The summed E-state index contributed by atoms with van der Waals surface area (Å²) in [5, 5.41) is 11.1. The zero-order chi connectivity index (χ0) is 16.7. The number of nitrogens with zero attached hydrogens (tertiary/aromatic N) is 1. The van der Waals surface area contributed by atoms with Gasteiger partial charge in [0.1, 0.15) is 0 Å². The van der Waals surface area contributed by atoms with Crippen molar-refractivity contribution in [2.24, 2.45) is 5.92 Å². The lowest BCUT2D eigenvalue weighted by atomic mass is 9.87. The van der Waals surface area contributed by atoms with Crippen LogP contribution in [0.15, 0.2) is 24.3 Å². The Bertz CT molecular complexity index is 614. The van der Waals surface area contributed by atoms with E-state index in [4.69, 9.17) is 16.3 Å². The Labute approximate surface area is 147 Å². The largest absolute Gasteiger partial charge is 0.393 e. The highest BCUT2D eigenvalue weighted by Crippen LogP contribution is 2.51. The molecule has 3 fully saturated rings. The van der Waals surface area contributed by atoms with Crippen LogP contribution in [-0.4, -0.2) is 47.8 Å². The van der Waals surface area contributed by atoms with Crippen LogP contribution in [-0.2, 0) is 14.9 Å². The van der Waals surface area contributed by atoms with Crippen molar-refractivity contribution in [3.8, 4) is 0 Å². The quantitative estimate of drug-likeness (QED) is 0.912. The maximum absolute atomic E-state index is 13.3. The van der Waals surface area contributed by atoms with Gasteiger partial charge in [-0.3, -0.25) is 4.79 Å². The third-order valence-electron chi connectivity index (χ3n) is 5.97. The first kappa shape index (κ1) is 16.4. The standard InChI is InChI=1S/C19H24ClNO3/c20-14-5-3-13(4-6-14)19(8-9-19)18(23)21-10-1-2-16(21)15-12-24-11-7-17(15)22/h3-6,15-17,22H,1-2,7-12H2/t15-,16-,17-/m1/s1. The van der Waals surface area contributed by atoms with Gasteiger partial charge in [0, 0.05) is 30.1 Å². The Balaban J connectivity index is 1.56. The molecule has 4 nitrogen and oxygen atoms in total. The molecule has 4 rings (SSSR count). The number of carbonyl (C=O) groups excluding carboxylic acids is 1. The third-order valence-corrected chi connectivity index (χ3v) is 6.22. The molecule has 5 heteroatoms. The molecule has 0 unspecified atom stereocenters. The zero-order valence-electron chi connectivity index (χ0n) is 13.8. The summed E-state index contributed by atoms with van der Waals surface area (Å²) in [6.07, 6.45) is 4.10. The average Bonchev–Trinajstić information content (AvgIpc) is 3.26. The SMILES string of the molecule is O=C(N1CCC[C@@H]1[C@H]1COCC[C@H]1O)C1(c2ccc(Cl)cc2)CC1. The minimum absolute atomic E-state index is 0.0474. The Morgan fingerprint density at radius 3 is 2.67 bits per heavy atom. The molecular weight excluding hydrogens is 326 g/mol. The predicted molar refractivity (Wildman–Crippen MR) is 92.0 cm³/mol. The van der Waals surface area contributed by atoms with Crippen molar-refractivity contribution in [3.05, 3.63) is 34.9 Å². The predicted octanol–water partition coefficient (Wildman–Crippen LogP) is 2.76. The Morgan fingerprint density at radius 1 is 1.25 bits per heavy atom. The molecule has 0 spiro atoms. The van der Waals surface area contributed by atoms with Crippen LogP contribution >= 0.6 is 11.6 Å². The monoisotopic (exact) mass is 349 g/mol. The molecule has 0 aromatic heterocycles. The number of aliphatic hydroxyl groups is 1. The minimum Gasteiger partial charge on any atom is -0.393 e. The summed E-state index contributed by atoms with van der Waals surface area (Å²) >= 11 is 5.99. The van der Waals surface area contributed by atoms with Gasteiger partial charge in [0.25, 0.3) is 0 Å². The first-order valence-electron chi connectivity index (χ1n) is 8.95. The number of halogens is 1. The molecule has 3 aliphatic rings. The fourth-order valence-electron chi connectivity index (χ4n) is 4.40. The van der Waals surface area contributed by atoms with E-state index in [1.807, 2.05) is 29.2 Å². The molecule has 0 bridgehead atoms. The Kier molecular flexibility index (Phi) is 4.31. The van der Waals surface area contributed by atoms with Gasteiger partial charge >= 0.3 is 0 Å². The highest BCUT2D eigenvalue weighted by atomic mass is 35.5. The summed E-state index contributed by atoms with van der Waals surface area (Å²) in [4.78, 5) is 15.4. The number of amides is 1. The van der Waals surface area contributed by atoms with Crippen molar-refractivity contribution < 1.29 is 14.6 Å². The minimum atomic E-state index is -0.367. The van der Waals surface area contributed by atoms with E-state index in [0.717, 1.165) is 37.8 Å². The summed E-state index contributed by atoms with van der Waals surface area (Å²) in [6, 6.07) is 7.81. The smallest absolute Gasteiger partial charge is 0.233 e. The van der Waals surface area contributed by atoms with Crippen molar-refractivity contribution in [2.45, 2.75) is 49.7 Å². The van der Waals surface area contributed by atoms with Gasteiger partial charge in [-0.15, -0.1) is 0 Å². The lowest BCUT2D eigenvalue weighted by molar-refractivity contribution is -0.139. The molecular formula is C19H24ClNO3. The molecule has 0 radical (unpaired) electrons. The number of benzene rings is 1. The van der Waals surface area contributed by atoms with Gasteiger partial charge in [-0.25, -0.2) is 0 Å². The van der Waals surface area contributed by atoms with E-state index in [1.165, 1.54) is 0 Å². The second-order valence-corrected chi connectivity index (χ2v) is 7.83. The maximum Gasteiger partial charge on any atom is 0.233 e. The van der Waals surface area contributed by atoms with Crippen molar-refractivity contribution >= 4 is 17.5 Å². The fourth-order valence-corrected chi connectivity index (χ4v) is 4.53. The molecule has 1 aromatic rings. The number of carbonyl (C=O) groups is 1. The summed E-state index contributed by atoms with van der Waals surface area (Å²) < 4.78 is 5.58. The highest BCUT2D eigenvalue weighted by molar-refractivity contribution is 6.30. The lowest BCUT2D eigenvalue weighted by Gasteiger charge is -2.38. The number of hydrogen-bond donors (Lipinski definition) is 1. The Morgan fingerprint density at radius 2 is 2.00 bits per heavy atom. The van der Waals surface area contributed by atoms with Crippen LogP contribution in [0.1, 0.15) is 37.7 Å².